The molecule has 2 heterocycles. The monoisotopic (exact) mass is 414 g/mol. The first kappa shape index (κ1) is 19.9. The summed E-state index contributed by atoms with van der Waals surface area (Å²) >= 11 is 0. The van der Waals surface area contributed by atoms with Gasteiger partial charge in [-0.3, -0.25) is 0 Å². The van der Waals surface area contributed by atoms with E-state index in [0.717, 1.165) is 11.0 Å². The summed E-state index contributed by atoms with van der Waals surface area (Å²) in [6, 6.07) is 5.78. The highest BCUT2D eigenvalue weighted by atomic mass is 32.2. The van der Waals surface area contributed by atoms with Gasteiger partial charge in [-0.25, -0.2) is 9.97 Å². The van der Waals surface area contributed by atoms with Gasteiger partial charge in [0.2, 0.25) is 0 Å². The van der Waals surface area contributed by atoms with Crippen molar-refractivity contribution in [2.24, 2.45) is 7.05 Å². The van der Waals surface area contributed by atoms with Crippen molar-refractivity contribution in [3.63, 3.8) is 0 Å². The fraction of sp³-hybridized carbons (Fsp3) is 0.294. The lowest BCUT2D eigenvalue weighted by molar-refractivity contribution is -0.0500. The molecular weight excluding hydrogens is 397 g/mol. The largest absolute Gasteiger partial charge is 0.534 e. The summed E-state index contributed by atoms with van der Waals surface area (Å²) in [7, 11) is -2.11. The molecule has 0 aliphatic rings. The third-order valence-electron chi connectivity index (χ3n) is 4.22. The molecule has 11 heteroatoms. The third kappa shape index (κ3) is 3.61. The number of rotatable bonds is 5. The predicted molar refractivity (Wildman–Crippen MR) is 98.0 cm³/mol. The number of imidazole rings is 1. The lowest BCUT2D eigenvalue weighted by Crippen LogP contribution is -2.28. The van der Waals surface area contributed by atoms with E-state index in [-0.39, 0.29) is 0 Å². The second-order valence-corrected chi connectivity index (χ2v) is 7.61. The van der Waals surface area contributed by atoms with Gasteiger partial charge in [0.05, 0.1) is 18.0 Å². The summed E-state index contributed by atoms with van der Waals surface area (Å²) < 4.78 is 66.1. The first-order valence-electron chi connectivity index (χ1n) is 8.18. The fourth-order valence-corrected chi connectivity index (χ4v) is 3.18. The number of anilines is 2. The number of hydrogen-bond donors (Lipinski definition) is 0. The third-order valence-corrected chi connectivity index (χ3v) is 5.20. The van der Waals surface area contributed by atoms with E-state index in [1.807, 2.05) is 17.7 Å². The highest BCUT2D eigenvalue weighted by Crippen LogP contribution is 2.33. The van der Waals surface area contributed by atoms with Crippen molar-refractivity contribution in [3.05, 3.63) is 42.4 Å². The van der Waals surface area contributed by atoms with Crippen LogP contribution in [-0.2, 0) is 23.6 Å². The van der Waals surface area contributed by atoms with E-state index >= 15 is 0 Å². The Balaban J connectivity index is 1.96. The van der Waals surface area contributed by atoms with Gasteiger partial charge in [0, 0.05) is 25.8 Å². The van der Waals surface area contributed by atoms with Gasteiger partial charge in [0.15, 0.2) is 0 Å². The van der Waals surface area contributed by atoms with E-state index < -0.39 is 21.4 Å². The van der Waals surface area contributed by atoms with Gasteiger partial charge in [-0.15, -0.1) is 0 Å². The minimum absolute atomic E-state index is 0.402. The summed E-state index contributed by atoms with van der Waals surface area (Å²) in [5.74, 6) is 0.198. The molecule has 0 radical (unpaired) electrons. The number of alkyl halides is 3. The first-order chi connectivity index (χ1) is 13.0. The number of benzene rings is 1. The van der Waals surface area contributed by atoms with Crippen LogP contribution in [0.3, 0.4) is 0 Å². The van der Waals surface area contributed by atoms with Crippen molar-refractivity contribution >= 4 is 32.7 Å². The zero-order valence-electron chi connectivity index (χ0n) is 15.2. The van der Waals surface area contributed by atoms with Gasteiger partial charge in [0.1, 0.15) is 17.1 Å². The highest BCUT2D eigenvalue weighted by Gasteiger charge is 2.48. The van der Waals surface area contributed by atoms with Gasteiger partial charge in [-0.2, -0.15) is 21.6 Å². The molecule has 0 bridgehead atoms. The second-order valence-electron chi connectivity index (χ2n) is 6.07. The number of halogens is 3. The Morgan fingerprint density at radius 3 is 2.57 bits per heavy atom. The molecule has 28 heavy (non-hydrogen) atoms. The number of nitrogens with zero attached hydrogens (tertiary/aromatic N) is 4. The number of aryl methyl sites for hydroxylation is 2. The summed E-state index contributed by atoms with van der Waals surface area (Å²) in [4.78, 5) is 10.3. The molecule has 0 fully saturated rings. The zero-order chi connectivity index (χ0) is 20.7. The van der Waals surface area contributed by atoms with E-state index in [2.05, 4.69) is 14.2 Å². The summed E-state index contributed by atoms with van der Waals surface area (Å²) in [5, 5.41) is 0. The van der Waals surface area contributed by atoms with Crippen LogP contribution >= 0.6 is 0 Å². The van der Waals surface area contributed by atoms with Gasteiger partial charge < -0.3 is 13.7 Å². The maximum Gasteiger partial charge on any atom is 0.534 e. The van der Waals surface area contributed by atoms with E-state index in [4.69, 9.17) is 0 Å². The summed E-state index contributed by atoms with van der Waals surface area (Å²) in [6.45, 7) is 1.80. The first-order valence-corrected chi connectivity index (χ1v) is 9.59. The molecule has 3 rings (SSSR count). The second kappa shape index (κ2) is 6.97. The van der Waals surface area contributed by atoms with Crippen molar-refractivity contribution in [2.75, 3.05) is 11.9 Å². The molecule has 0 spiro atoms. The summed E-state index contributed by atoms with van der Waals surface area (Å²) in [5.41, 5.74) is -2.63. The molecular formula is C17H17F3N4O3S. The number of fused-ring (bicyclic) bond motifs is 1. The van der Waals surface area contributed by atoms with Crippen LogP contribution < -0.4 is 9.08 Å². The maximum absolute atomic E-state index is 12.5. The lowest BCUT2D eigenvalue weighted by atomic mass is 10.1. The van der Waals surface area contributed by atoms with Crippen molar-refractivity contribution in [1.29, 1.82) is 0 Å². The van der Waals surface area contributed by atoms with Crippen LogP contribution in [0.2, 0.25) is 0 Å². The van der Waals surface area contributed by atoms with Crippen LogP contribution in [0, 0.1) is 0 Å². The zero-order valence-corrected chi connectivity index (χ0v) is 16.0. The van der Waals surface area contributed by atoms with Gasteiger partial charge in [0.25, 0.3) is 0 Å². The van der Waals surface area contributed by atoms with E-state index in [1.54, 1.807) is 31.4 Å². The average Bonchev–Trinajstić information content (AvgIpc) is 3.00. The number of aromatic nitrogens is 3. The Hall–Kier alpha value is -2.82. The quantitative estimate of drug-likeness (QED) is 0.470. The van der Waals surface area contributed by atoms with Crippen LogP contribution in [0.5, 0.6) is 5.75 Å². The Bertz CT molecular complexity index is 1130. The van der Waals surface area contributed by atoms with E-state index in [1.165, 1.54) is 18.2 Å². The van der Waals surface area contributed by atoms with Crippen LogP contribution in [-0.4, -0.2) is 35.5 Å². The van der Waals surface area contributed by atoms with Crippen LogP contribution in [0.4, 0.5) is 24.7 Å². The highest BCUT2D eigenvalue weighted by molar-refractivity contribution is 7.88. The molecule has 0 saturated carbocycles. The fourth-order valence-electron chi connectivity index (χ4n) is 2.72. The Labute approximate surface area is 159 Å². The van der Waals surface area contributed by atoms with E-state index in [9.17, 15) is 21.6 Å². The SMILES string of the molecule is CCc1cc(OS(=O)(=O)C(F)(F)F)ccc1N(C)c1cc2c(cn1)ncn2C. The molecule has 0 aliphatic carbocycles. The molecule has 2 aromatic heterocycles. The smallest absolute Gasteiger partial charge is 0.376 e. The minimum Gasteiger partial charge on any atom is -0.376 e. The van der Waals surface area contributed by atoms with Gasteiger partial charge in [-0.05, 0) is 30.2 Å². The molecule has 0 saturated heterocycles. The van der Waals surface area contributed by atoms with Crippen molar-refractivity contribution < 1.29 is 25.8 Å². The number of hydrogen-bond acceptors (Lipinski definition) is 6. The molecule has 0 atom stereocenters. The Morgan fingerprint density at radius 1 is 1.21 bits per heavy atom. The molecule has 7 nitrogen and oxygen atoms in total. The molecule has 0 aliphatic heterocycles. The van der Waals surface area contributed by atoms with Crippen LogP contribution in [0.15, 0.2) is 36.8 Å². The lowest BCUT2D eigenvalue weighted by Gasteiger charge is -2.22. The van der Waals surface area contributed by atoms with Crippen molar-refractivity contribution in [3.8, 4) is 5.75 Å². The molecule has 3 aromatic rings. The van der Waals surface area contributed by atoms with Gasteiger partial charge >= 0.3 is 15.6 Å². The Morgan fingerprint density at radius 2 is 1.93 bits per heavy atom. The topological polar surface area (TPSA) is 77.3 Å². The van der Waals surface area contributed by atoms with Crippen molar-refractivity contribution in [1.82, 2.24) is 14.5 Å². The molecule has 0 amide bonds. The molecule has 150 valence electrons. The van der Waals surface area contributed by atoms with Crippen LogP contribution in [0.1, 0.15) is 12.5 Å². The normalized spacial score (nSPS) is 12.4. The molecule has 0 unspecified atom stereocenters. The van der Waals surface area contributed by atoms with Crippen molar-refractivity contribution in [2.45, 2.75) is 18.9 Å². The van der Waals surface area contributed by atoms with Crippen LogP contribution in [0.25, 0.3) is 11.0 Å². The minimum atomic E-state index is -5.72. The van der Waals surface area contributed by atoms with E-state index in [0.29, 0.717) is 23.5 Å². The molecule has 1 aromatic carbocycles. The van der Waals surface area contributed by atoms with Gasteiger partial charge in [-0.1, -0.05) is 6.92 Å². The average molecular weight is 414 g/mol. The Kier molecular flexibility index (Phi) is 4.96. The maximum atomic E-state index is 12.5. The predicted octanol–water partition coefficient (Wildman–Crippen LogP) is 3.53. The summed E-state index contributed by atoms with van der Waals surface area (Å²) in [6.07, 6.45) is 3.73. The number of pyridine rings is 1. The standard InChI is InChI=1S/C17H17F3N4O3S/c1-4-11-7-12(27-28(25,26)17(18,19)20)5-6-14(11)24(3)16-8-15-13(9-21-16)22-10-23(15)2/h5-10H,4H2,1-3H3. The molecule has 0 N–H and O–H groups in total.